The molecule has 0 spiro atoms. The molecule has 0 aromatic heterocycles. The first kappa shape index (κ1) is 43.3. The van der Waals surface area contributed by atoms with Crippen LogP contribution in [0.4, 0.5) is 0 Å². The zero-order valence-electron chi connectivity index (χ0n) is 28.8. The number of rotatable bonds is 31. The summed E-state index contributed by atoms with van der Waals surface area (Å²) in [5.74, 6) is -0.423. The van der Waals surface area contributed by atoms with Crippen molar-refractivity contribution in [1.82, 2.24) is 0 Å². The topological polar surface area (TPSA) is 52.6 Å². The molecule has 0 heterocycles. The first-order valence-electron chi connectivity index (χ1n) is 17.9. The van der Waals surface area contributed by atoms with E-state index in [9.17, 15) is 9.59 Å². The van der Waals surface area contributed by atoms with Gasteiger partial charge in [0, 0.05) is 6.42 Å². The number of likely N-dealkylation sites (N-methyl/N-ethyl adjacent to an activating group) is 1. The summed E-state index contributed by atoms with van der Waals surface area (Å²) < 4.78 is 11.9. The lowest BCUT2D eigenvalue weighted by atomic mass is 10.0. The van der Waals surface area contributed by atoms with Crippen LogP contribution in [0.25, 0.3) is 0 Å². The van der Waals surface area contributed by atoms with Gasteiger partial charge in [-0.15, -0.1) is 0 Å². The average Bonchev–Trinajstić information content (AvgIpc) is 2.91. The molecule has 0 rings (SSSR count). The minimum absolute atomic E-state index is 0. The maximum Gasteiger partial charge on any atom is 0.309 e. The van der Waals surface area contributed by atoms with Gasteiger partial charge in [-0.1, -0.05) is 155 Å². The first-order chi connectivity index (χ1) is 19.8. The largest absolute Gasteiger partial charge is 1.00 e. The number of carbonyl (C=O) groups is 2. The molecule has 0 aliphatic heterocycles. The Balaban J connectivity index is 0. The second-order valence-corrected chi connectivity index (χ2v) is 13.5. The minimum Gasteiger partial charge on any atom is -1.00 e. The van der Waals surface area contributed by atoms with Gasteiger partial charge in [0.1, 0.15) is 6.54 Å². The number of hydrogen-bond acceptors (Lipinski definition) is 4. The fourth-order valence-corrected chi connectivity index (χ4v) is 5.48. The van der Waals surface area contributed by atoms with Crippen molar-refractivity contribution >= 4 is 11.9 Å². The van der Waals surface area contributed by atoms with Gasteiger partial charge in [-0.3, -0.25) is 9.59 Å². The lowest BCUT2D eigenvalue weighted by molar-refractivity contribution is -0.873. The Hall–Kier alpha value is -0.810. The van der Waals surface area contributed by atoms with Crippen LogP contribution < -0.4 is 12.4 Å². The van der Waals surface area contributed by atoms with Crippen molar-refractivity contribution in [2.75, 3.05) is 34.3 Å². The molecule has 0 radical (unpaired) electrons. The summed E-state index contributed by atoms with van der Waals surface area (Å²) >= 11 is 0. The van der Waals surface area contributed by atoms with E-state index in [4.69, 9.17) is 9.47 Å². The van der Waals surface area contributed by atoms with Gasteiger partial charge >= 0.3 is 11.9 Å². The highest BCUT2D eigenvalue weighted by atomic mass is 35.5. The maximum atomic E-state index is 12.5. The van der Waals surface area contributed by atoms with Gasteiger partial charge in [0.15, 0.2) is 6.10 Å². The predicted octanol–water partition coefficient (Wildman–Crippen LogP) is 7.33. The maximum absolute atomic E-state index is 12.5. The van der Waals surface area contributed by atoms with Crippen molar-refractivity contribution < 1.29 is 36.0 Å². The summed E-state index contributed by atoms with van der Waals surface area (Å²) in [4.78, 5) is 25.0. The van der Waals surface area contributed by atoms with Gasteiger partial charge in [0.05, 0.1) is 34.2 Å². The molecule has 5 nitrogen and oxygen atoms in total. The van der Waals surface area contributed by atoms with E-state index in [1.165, 1.54) is 128 Å². The van der Waals surface area contributed by atoms with Crippen LogP contribution in [0.5, 0.6) is 0 Å². The molecular formula is C36H72ClNO4. The third kappa shape index (κ3) is 33.7. The van der Waals surface area contributed by atoms with E-state index in [1.807, 2.05) is 0 Å². The second kappa shape index (κ2) is 31.6. The lowest BCUT2D eigenvalue weighted by Gasteiger charge is -2.28. The quantitative estimate of drug-likeness (QED) is 0.0464. The van der Waals surface area contributed by atoms with Gasteiger partial charge in [0.25, 0.3) is 0 Å². The smallest absolute Gasteiger partial charge is 0.309 e. The van der Waals surface area contributed by atoms with Crippen LogP contribution in [0.15, 0.2) is 0 Å². The number of nitrogens with zero attached hydrogens (tertiary/aromatic N) is 1. The summed E-state index contributed by atoms with van der Waals surface area (Å²) in [6.07, 6.45) is 31.0. The van der Waals surface area contributed by atoms with Crippen LogP contribution in [0.1, 0.15) is 181 Å². The molecule has 0 N–H and O–H groups in total. The molecule has 0 fully saturated rings. The zero-order chi connectivity index (χ0) is 30.4. The molecule has 0 saturated carbocycles. The van der Waals surface area contributed by atoms with Crippen LogP contribution in [0.3, 0.4) is 0 Å². The van der Waals surface area contributed by atoms with Gasteiger partial charge in [0.2, 0.25) is 0 Å². The number of carbonyl (C=O) groups excluding carboxylic acids is 2. The Morgan fingerprint density at radius 3 is 1.26 bits per heavy atom. The highest BCUT2D eigenvalue weighted by Gasteiger charge is 2.25. The van der Waals surface area contributed by atoms with E-state index in [0.29, 0.717) is 24.1 Å². The number of unbranched alkanes of at least 4 members (excludes halogenated alkanes) is 22. The molecule has 252 valence electrons. The zero-order valence-corrected chi connectivity index (χ0v) is 29.6. The minimum atomic E-state index is -0.422. The fraction of sp³-hybridized carbons (Fsp3) is 0.944. The molecule has 0 aromatic rings. The van der Waals surface area contributed by atoms with Crippen molar-refractivity contribution in [3.05, 3.63) is 0 Å². The molecule has 42 heavy (non-hydrogen) atoms. The van der Waals surface area contributed by atoms with Crippen molar-refractivity contribution in [2.45, 2.75) is 187 Å². The molecule has 0 bridgehead atoms. The van der Waals surface area contributed by atoms with E-state index < -0.39 is 6.10 Å². The molecule has 0 aromatic carbocycles. The standard InChI is InChI=1S/C36H72NO4.ClH/c1-6-8-10-12-14-16-17-18-19-20-21-22-24-26-28-30-35(38)41-34(33-37(3,4)5)32-36(39)40-31-29-27-25-23-15-13-11-9-7-2;/h34H,6-33H2,1-5H3;1H/q+1;/p-1/t34-;/m1./s1. The summed E-state index contributed by atoms with van der Waals surface area (Å²) in [6.45, 7) is 5.60. The average molecular weight is 618 g/mol. The number of esters is 2. The normalized spacial score (nSPS) is 12.1. The Kier molecular flexibility index (Phi) is 32.6. The number of hydrogen-bond donors (Lipinski definition) is 0. The van der Waals surface area contributed by atoms with Crippen LogP contribution in [0.2, 0.25) is 0 Å². The Morgan fingerprint density at radius 1 is 0.524 bits per heavy atom. The number of ether oxygens (including phenoxy) is 2. The first-order valence-corrected chi connectivity index (χ1v) is 17.9. The summed E-state index contributed by atoms with van der Waals surface area (Å²) in [5.41, 5.74) is 0. The van der Waals surface area contributed by atoms with E-state index in [2.05, 4.69) is 35.0 Å². The second-order valence-electron chi connectivity index (χ2n) is 13.5. The van der Waals surface area contributed by atoms with Crippen LogP contribution >= 0.6 is 0 Å². The van der Waals surface area contributed by atoms with Crippen LogP contribution in [0, 0.1) is 0 Å². The third-order valence-electron chi connectivity index (χ3n) is 7.94. The molecule has 1 atom stereocenters. The van der Waals surface area contributed by atoms with Gasteiger partial charge < -0.3 is 26.4 Å². The molecular weight excluding hydrogens is 546 g/mol. The monoisotopic (exact) mass is 618 g/mol. The summed E-state index contributed by atoms with van der Waals surface area (Å²) in [5, 5.41) is 0. The van der Waals surface area contributed by atoms with Crippen molar-refractivity contribution in [3.8, 4) is 0 Å². The Morgan fingerprint density at radius 2 is 0.881 bits per heavy atom. The van der Waals surface area contributed by atoms with Gasteiger partial charge in [-0.05, 0) is 12.8 Å². The van der Waals surface area contributed by atoms with Gasteiger partial charge in [-0.25, -0.2) is 0 Å². The Labute approximate surface area is 268 Å². The molecule has 0 unspecified atom stereocenters. The number of quaternary nitrogens is 1. The highest BCUT2D eigenvalue weighted by Crippen LogP contribution is 2.15. The van der Waals surface area contributed by atoms with Gasteiger partial charge in [-0.2, -0.15) is 0 Å². The van der Waals surface area contributed by atoms with Crippen molar-refractivity contribution in [1.29, 1.82) is 0 Å². The van der Waals surface area contributed by atoms with Crippen molar-refractivity contribution in [2.24, 2.45) is 0 Å². The fourth-order valence-electron chi connectivity index (χ4n) is 5.48. The van der Waals surface area contributed by atoms with E-state index in [1.54, 1.807) is 0 Å². The summed E-state index contributed by atoms with van der Waals surface area (Å²) in [6, 6.07) is 0. The van der Waals surface area contributed by atoms with E-state index in [0.717, 1.165) is 25.7 Å². The summed E-state index contributed by atoms with van der Waals surface area (Å²) in [7, 11) is 6.18. The highest BCUT2D eigenvalue weighted by molar-refractivity contribution is 5.72. The van der Waals surface area contributed by atoms with Crippen LogP contribution in [-0.2, 0) is 19.1 Å². The van der Waals surface area contributed by atoms with E-state index >= 15 is 0 Å². The lowest BCUT2D eigenvalue weighted by Crippen LogP contribution is -3.00. The van der Waals surface area contributed by atoms with Crippen LogP contribution in [-0.4, -0.2) is 56.8 Å². The third-order valence-corrected chi connectivity index (χ3v) is 7.94. The van der Waals surface area contributed by atoms with Crippen molar-refractivity contribution in [3.63, 3.8) is 0 Å². The number of halogens is 1. The molecule has 0 amide bonds. The molecule has 0 aliphatic carbocycles. The Bertz CT molecular complexity index is 593. The molecule has 0 saturated heterocycles. The van der Waals surface area contributed by atoms with E-state index in [-0.39, 0.29) is 30.8 Å². The SMILES string of the molecule is CCCCCCCCCCCCCCCCCC(=O)O[C@H](CC(=O)OCCCCCCCCCCC)C[N+](C)(C)C.[Cl-]. The molecule has 6 heteroatoms. The molecule has 0 aliphatic rings. The predicted molar refractivity (Wildman–Crippen MR) is 175 cm³/mol.